The second kappa shape index (κ2) is 6.35. The molecule has 0 aliphatic heterocycles. The molecule has 2 aromatic rings. The molecule has 0 saturated heterocycles. The summed E-state index contributed by atoms with van der Waals surface area (Å²) in [5, 5.41) is 11.9. The topological polar surface area (TPSA) is 45.0 Å². The first-order chi connectivity index (χ1) is 9.58. The van der Waals surface area contributed by atoms with Gasteiger partial charge in [-0.15, -0.1) is 0 Å². The minimum atomic E-state index is -2.89. The van der Waals surface area contributed by atoms with Crippen molar-refractivity contribution in [3.8, 4) is 11.8 Å². The van der Waals surface area contributed by atoms with Crippen molar-refractivity contribution in [1.29, 1.82) is 5.26 Å². The monoisotopic (exact) mass is 338 g/mol. The molecule has 0 aliphatic rings. The van der Waals surface area contributed by atoms with Crippen LogP contribution in [0.25, 0.3) is 0 Å². The fourth-order valence-corrected chi connectivity index (χ4v) is 2.14. The maximum absolute atomic E-state index is 12.3. The minimum Gasteiger partial charge on any atom is -0.433 e. The van der Waals surface area contributed by atoms with Gasteiger partial charge >= 0.3 is 6.61 Å². The predicted octanol–water partition coefficient (Wildman–Crippen LogP) is 4.67. The van der Waals surface area contributed by atoms with Crippen molar-refractivity contribution in [2.24, 2.45) is 0 Å². The molecule has 20 heavy (non-hydrogen) atoms. The van der Waals surface area contributed by atoms with Gasteiger partial charge in [0.2, 0.25) is 0 Å². The van der Waals surface area contributed by atoms with E-state index in [2.05, 4.69) is 26.0 Å². The van der Waals surface area contributed by atoms with Crippen LogP contribution in [-0.2, 0) is 0 Å². The molecule has 0 unspecified atom stereocenters. The van der Waals surface area contributed by atoms with E-state index in [0.717, 1.165) is 0 Å². The molecule has 1 N–H and O–H groups in total. The Labute approximate surface area is 122 Å². The lowest BCUT2D eigenvalue weighted by molar-refractivity contribution is -0.0493. The van der Waals surface area contributed by atoms with Crippen LogP contribution < -0.4 is 10.1 Å². The van der Waals surface area contributed by atoms with Gasteiger partial charge in [0.15, 0.2) is 0 Å². The van der Waals surface area contributed by atoms with Crippen LogP contribution in [0, 0.1) is 11.3 Å². The number of hydrogen-bond acceptors (Lipinski definition) is 3. The lowest BCUT2D eigenvalue weighted by Gasteiger charge is -2.13. The molecular formula is C14H9BrF2N2O. The minimum absolute atomic E-state index is 0.0426. The molecule has 0 fully saturated rings. The van der Waals surface area contributed by atoms with Crippen LogP contribution in [0.3, 0.4) is 0 Å². The second-order valence-corrected chi connectivity index (χ2v) is 4.76. The summed E-state index contributed by atoms with van der Waals surface area (Å²) in [6.45, 7) is -2.89. The molecule has 2 rings (SSSR count). The Morgan fingerprint density at radius 3 is 2.65 bits per heavy atom. The van der Waals surface area contributed by atoms with E-state index in [0.29, 0.717) is 21.4 Å². The van der Waals surface area contributed by atoms with Crippen molar-refractivity contribution >= 4 is 27.3 Å². The van der Waals surface area contributed by atoms with Gasteiger partial charge in [-0.2, -0.15) is 14.0 Å². The molecule has 102 valence electrons. The Morgan fingerprint density at radius 1 is 1.20 bits per heavy atom. The molecule has 0 spiro atoms. The van der Waals surface area contributed by atoms with Crippen LogP contribution in [0.4, 0.5) is 20.2 Å². The maximum atomic E-state index is 12.3. The van der Waals surface area contributed by atoms with Gasteiger partial charge in [-0.1, -0.05) is 28.1 Å². The fraction of sp³-hybridized carbons (Fsp3) is 0.0714. The number of rotatable bonds is 4. The average Bonchev–Trinajstić information content (AvgIpc) is 2.39. The van der Waals surface area contributed by atoms with Gasteiger partial charge in [0, 0.05) is 10.2 Å². The van der Waals surface area contributed by atoms with Crippen LogP contribution >= 0.6 is 15.9 Å². The number of halogens is 3. The van der Waals surface area contributed by atoms with E-state index in [1.807, 2.05) is 6.07 Å². The third-order valence-corrected chi connectivity index (χ3v) is 2.87. The first kappa shape index (κ1) is 14.3. The summed E-state index contributed by atoms with van der Waals surface area (Å²) in [4.78, 5) is 0. The Bertz CT molecular complexity index is 656. The molecule has 0 saturated carbocycles. The zero-order valence-corrected chi connectivity index (χ0v) is 11.7. The Hall–Kier alpha value is -2.13. The molecule has 0 heterocycles. The van der Waals surface area contributed by atoms with Crippen molar-refractivity contribution < 1.29 is 13.5 Å². The van der Waals surface area contributed by atoms with Crippen molar-refractivity contribution in [3.05, 3.63) is 52.5 Å². The van der Waals surface area contributed by atoms with Crippen LogP contribution in [0.5, 0.6) is 5.75 Å². The number of alkyl halides is 2. The number of para-hydroxylation sites is 2. The van der Waals surface area contributed by atoms with Gasteiger partial charge in [-0.25, -0.2) is 0 Å². The summed E-state index contributed by atoms with van der Waals surface area (Å²) in [5.74, 6) is 0.0426. The summed E-state index contributed by atoms with van der Waals surface area (Å²) in [6, 6.07) is 13.4. The summed E-state index contributed by atoms with van der Waals surface area (Å²) in [6.07, 6.45) is 0. The van der Waals surface area contributed by atoms with E-state index < -0.39 is 6.61 Å². The third-order valence-electron chi connectivity index (χ3n) is 2.41. The highest BCUT2D eigenvalue weighted by molar-refractivity contribution is 9.10. The summed E-state index contributed by atoms with van der Waals surface area (Å²) in [7, 11) is 0. The van der Waals surface area contributed by atoms with Crippen molar-refractivity contribution in [1.82, 2.24) is 0 Å². The normalized spacial score (nSPS) is 10.2. The van der Waals surface area contributed by atoms with E-state index in [-0.39, 0.29) is 5.75 Å². The number of nitrogens with one attached hydrogen (secondary N) is 1. The molecular weight excluding hydrogens is 330 g/mol. The number of anilines is 2. The van der Waals surface area contributed by atoms with Crippen LogP contribution in [0.2, 0.25) is 0 Å². The predicted molar refractivity (Wildman–Crippen MR) is 75.2 cm³/mol. The van der Waals surface area contributed by atoms with E-state index >= 15 is 0 Å². The zero-order valence-electron chi connectivity index (χ0n) is 10.1. The van der Waals surface area contributed by atoms with Gasteiger partial charge < -0.3 is 10.1 Å². The second-order valence-electron chi connectivity index (χ2n) is 3.84. The van der Waals surface area contributed by atoms with Crippen LogP contribution in [0.1, 0.15) is 5.56 Å². The molecule has 6 heteroatoms. The quantitative estimate of drug-likeness (QED) is 0.881. The average molecular weight is 339 g/mol. The Morgan fingerprint density at radius 2 is 1.95 bits per heavy atom. The van der Waals surface area contributed by atoms with Crippen molar-refractivity contribution in [2.45, 2.75) is 6.61 Å². The molecule has 0 atom stereocenters. The van der Waals surface area contributed by atoms with Gasteiger partial charge in [0.1, 0.15) is 5.75 Å². The highest BCUT2D eigenvalue weighted by atomic mass is 79.9. The smallest absolute Gasteiger partial charge is 0.387 e. The van der Waals surface area contributed by atoms with Gasteiger partial charge in [-0.05, 0) is 30.3 Å². The van der Waals surface area contributed by atoms with E-state index in [9.17, 15) is 8.78 Å². The first-order valence-corrected chi connectivity index (χ1v) is 6.39. The zero-order chi connectivity index (χ0) is 14.5. The number of benzene rings is 2. The standard InChI is InChI=1S/C14H9BrF2N2O/c15-10-5-9(8-18)6-11(7-10)19-12-3-1-2-4-13(12)20-14(16)17/h1-7,14,19H. The molecule has 0 aliphatic carbocycles. The largest absolute Gasteiger partial charge is 0.433 e. The van der Waals surface area contributed by atoms with E-state index in [1.54, 1.807) is 36.4 Å². The molecule has 3 nitrogen and oxygen atoms in total. The maximum Gasteiger partial charge on any atom is 0.387 e. The Kier molecular flexibility index (Phi) is 4.53. The third kappa shape index (κ3) is 3.68. The van der Waals surface area contributed by atoms with E-state index in [1.165, 1.54) is 6.07 Å². The van der Waals surface area contributed by atoms with Gasteiger partial charge in [-0.3, -0.25) is 0 Å². The first-order valence-electron chi connectivity index (χ1n) is 5.60. The molecule has 0 bridgehead atoms. The fourth-order valence-electron chi connectivity index (χ4n) is 1.65. The molecule has 2 aromatic carbocycles. The van der Waals surface area contributed by atoms with Crippen molar-refractivity contribution in [2.75, 3.05) is 5.32 Å². The number of nitrogens with zero attached hydrogens (tertiary/aromatic N) is 1. The Balaban J connectivity index is 2.30. The highest BCUT2D eigenvalue weighted by Gasteiger charge is 2.09. The van der Waals surface area contributed by atoms with Crippen LogP contribution in [-0.4, -0.2) is 6.61 Å². The molecule has 0 radical (unpaired) electrons. The summed E-state index contributed by atoms with van der Waals surface area (Å²) < 4.78 is 29.8. The summed E-state index contributed by atoms with van der Waals surface area (Å²) >= 11 is 3.28. The molecule has 0 aromatic heterocycles. The van der Waals surface area contributed by atoms with Crippen LogP contribution in [0.15, 0.2) is 46.9 Å². The number of nitriles is 1. The lowest BCUT2D eigenvalue weighted by atomic mass is 10.2. The molecule has 0 amide bonds. The number of ether oxygens (including phenoxy) is 1. The van der Waals surface area contributed by atoms with Gasteiger partial charge in [0.25, 0.3) is 0 Å². The lowest BCUT2D eigenvalue weighted by Crippen LogP contribution is -2.04. The van der Waals surface area contributed by atoms with Crippen molar-refractivity contribution in [3.63, 3.8) is 0 Å². The highest BCUT2D eigenvalue weighted by Crippen LogP contribution is 2.30. The number of hydrogen-bond donors (Lipinski definition) is 1. The van der Waals surface area contributed by atoms with Gasteiger partial charge in [0.05, 0.1) is 17.3 Å². The van der Waals surface area contributed by atoms with E-state index in [4.69, 9.17) is 5.26 Å². The summed E-state index contributed by atoms with van der Waals surface area (Å²) in [5.41, 5.74) is 1.45. The SMILES string of the molecule is N#Cc1cc(Br)cc(Nc2ccccc2OC(F)F)c1.